The van der Waals surface area contributed by atoms with Crippen LogP contribution in [-0.4, -0.2) is 48.6 Å². The van der Waals surface area contributed by atoms with Crippen molar-refractivity contribution < 1.29 is 14.3 Å². The third-order valence-corrected chi connectivity index (χ3v) is 4.22. The molecular weight excluding hydrogens is 306 g/mol. The standard InChI is InChI=1S/C18H27N3O3/c1-3-8-18(2,19)17(23)20-15-6-4-14(5-7-15)13-16(22)21-9-11-24-12-10-21/h4-7H,3,8-13,19H2,1-2H3,(H,20,23). The minimum absolute atomic E-state index is 0.104. The number of morpholine rings is 1. The molecule has 6 heteroatoms. The molecule has 1 aromatic carbocycles. The molecule has 1 fully saturated rings. The number of rotatable bonds is 6. The van der Waals surface area contributed by atoms with Crippen molar-refractivity contribution in [1.29, 1.82) is 0 Å². The van der Waals surface area contributed by atoms with E-state index in [0.717, 1.165) is 12.0 Å². The van der Waals surface area contributed by atoms with Crippen LogP contribution in [0.4, 0.5) is 5.69 Å². The lowest BCUT2D eigenvalue weighted by Crippen LogP contribution is -2.48. The number of benzene rings is 1. The van der Waals surface area contributed by atoms with E-state index in [4.69, 9.17) is 10.5 Å². The van der Waals surface area contributed by atoms with E-state index in [0.29, 0.717) is 44.8 Å². The van der Waals surface area contributed by atoms with Gasteiger partial charge in [0.2, 0.25) is 11.8 Å². The monoisotopic (exact) mass is 333 g/mol. The average Bonchev–Trinajstić information content (AvgIpc) is 2.57. The topological polar surface area (TPSA) is 84.7 Å². The van der Waals surface area contributed by atoms with E-state index in [-0.39, 0.29) is 11.8 Å². The molecule has 1 heterocycles. The summed E-state index contributed by atoms with van der Waals surface area (Å²) < 4.78 is 5.25. The van der Waals surface area contributed by atoms with Gasteiger partial charge in [0.15, 0.2) is 0 Å². The molecule has 2 rings (SSSR count). The molecule has 1 aromatic rings. The Labute approximate surface area is 143 Å². The zero-order valence-electron chi connectivity index (χ0n) is 14.5. The second-order valence-electron chi connectivity index (χ2n) is 6.49. The number of amides is 2. The number of nitrogens with one attached hydrogen (secondary N) is 1. The smallest absolute Gasteiger partial charge is 0.244 e. The van der Waals surface area contributed by atoms with Crippen molar-refractivity contribution in [2.45, 2.75) is 38.6 Å². The first-order valence-electron chi connectivity index (χ1n) is 8.47. The Morgan fingerprint density at radius 1 is 1.25 bits per heavy atom. The molecule has 1 saturated heterocycles. The highest BCUT2D eigenvalue weighted by Crippen LogP contribution is 2.15. The summed E-state index contributed by atoms with van der Waals surface area (Å²) in [5.41, 5.74) is 6.76. The highest BCUT2D eigenvalue weighted by atomic mass is 16.5. The van der Waals surface area contributed by atoms with E-state index in [9.17, 15) is 9.59 Å². The Hall–Kier alpha value is -1.92. The van der Waals surface area contributed by atoms with Crippen LogP contribution >= 0.6 is 0 Å². The summed E-state index contributed by atoms with van der Waals surface area (Å²) >= 11 is 0. The average molecular weight is 333 g/mol. The predicted molar refractivity (Wildman–Crippen MR) is 93.7 cm³/mol. The molecule has 2 amide bonds. The van der Waals surface area contributed by atoms with Crippen LogP contribution in [0.5, 0.6) is 0 Å². The number of hydrogen-bond donors (Lipinski definition) is 2. The van der Waals surface area contributed by atoms with Gasteiger partial charge in [0.1, 0.15) is 0 Å². The van der Waals surface area contributed by atoms with Crippen LogP contribution in [0.25, 0.3) is 0 Å². The van der Waals surface area contributed by atoms with Gasteiger partial charge in [0.25, 0.3) is 0 Å². The predicted octanol–water partition coefficient (Wildman–Crippen LogP) is 1.54. The Morgan fingerprint density at radius 3 is 2.46 bits per heavy atom. The van der Waals surface area contributed by atoms with Crippen molar-refractivity contribution in [1.82, 2.24) is 4.90 Å². The molecule has 1 aliphatic heterocycles. The van der Waals surface area contributed by atoms with Crippen LogP contribution in [-0.2, 0) is 20.7 Å². The van der Waals surface area contributed by atoms with E-state index < -0.39 is 5.54 Å². The van der Waals surface area contributed by atoms with Gasteiger partial charge in [-0.2, -0.15) is 0 Å². The number of carbonyl (C=O) groups is 2. The number of nitrogens with zero attached hydrogens (tertiary/aromatic N) is 1. The summed E-state index contributed by atoms with van der Waals surface area (Å²) in [6.07, 6.45) is 1.84. The van der Waals surface area contributed by atoms with Crippen molar-refractivity contribution in [3.8, 4) is 0 Å². The zero-order chi connectivity index (χ0) is 17.6. The van der Waals surface area contributed by atoms with E-state index in [2.05, 4.69) is 5.32 Å². The van der Waals surface area contributed by atoms with Gasteiger partial charge in [-0.05, 0) is 31.0 Å². The molecule has 6 nitrogen and oxygen atoms in total. The quantitative estimate of drug-likeness (QED) is 0.827. The first-order valence-corrected chi connectivity index (χ1v) is 8.47. The molecule has 24 heavy (non-hydrogen) atoms. The van der Waals surface area contributed by atoms with Crippen LogP contribution < -0.4 is 11.1 Å². The van der Waals surface area contributed by atoms with E-state index in [1.807, 2.05) is 36.1 Å². The summed E-state index contributed by atoms with van der Waals surface area (Å²) in [7, 11) is 0. The largest absolute Gasteiger partial charge is 0.378 e. The Kier molecular flexibility index (Phi) is 6.34. The van der Waals surface area contributed by atoms with Crippen LogP contribution in [0.15, 0.2) is 24.3 Å². The van der Waals surface area contributed by atoms with Gasteiger partial charge in [-0.25, -0.2) is 0 Å². The summed E-state index contributed by atoms with van der Waals surface area (Å²) in [5.74, 6) is -0.0888. The second-order valence-corrected chi connectivity index (χ2v) is 6.49. The summed E-state index contributed by atoms with van der Waals surface area (Å²) in [6.45, 7) is 6.25. The summed E-state index contributed by atoms with van der Waals surface area (Å²) in [4.78, 5) is 26.2. The minimum Gasteiger partial charge on any atom is -0.378 e. The fraction of sp³-hybridized carbons (Fsp3) is 0.556. The van der Waals surface area contributed by atoms with Crippen LogP contribution in [0, 0.1) is 0 Å². The molecule has 3 N–H and O–H groups in total. The van der Waals surface area contributed by atoms with Crippen molar-refractivity contribution in [2.24, 2.45) is 5.73 Å². The maximum Gasteiger partial charge on any atom is 0.244 e. The molecule has 0 radical (unpaired) electrons. The van der Waals surface area contributed by atoms with E-state index in [1.54, 1.807) is 6.92 Å². The Morgan fingerprint density at radius 2 is 1.88 bits per heavy atom. The highest BCUT2D eigenvalue weighted by Gasteiger charge is 2.27. The normalized spacial score (nSPS) is 17.2. The lowest BCUT2D eigenvalue weighted by molar-refractivity contribution is -0.134. The maximum absolute atomic E-state index is 12.2. The van der Waals surface area contributed by atoms with Gasteiger partial charge in [-0.3, -0.25) is 9.59 Å². The van der Waals surface area contributed by atoms with Crippen molar-refractivity contribution in [3.05, 3.63) is 29.8 Å². The Balaban J connectivity index is 1.90. The van der Waals surface area contributed by atoms with Crippen LogP contribution in [0.2, 0.25) is 0 Å². The molecule has 0 aromatic heterocycles. The number of nitrogens with two attached hydrogens (primary N) is 1. The number of ether oxygens (including phenoxy) is 1. The highest BCUT2D eigenvalue weighted by molar-refractivity contribution is 5.97. The lowest BCUT2D eigenvalue weighted by atomic mass is 9.96. The first-order chi connectivity index (χ1) is 11.4. The number of hydrogen-bond acceptors (Lipinski definition) is 4. The van der Waals surface area contributed by atoms with Crippen molar-refractivity contribution in [2.75, 3.05) is 31.6 Å². The second kappa shape index (κ2) is 8.26. The molecular formula is C18H27N3O3. The van der Waals surface area contributed by atoms with Gasteiger partial charge in [-0.1, -0.05) is 25.5 Å². The number of carbonyl (C=O) groups excluding carboxylic acids is 2. The SMILES string of the molecule is CCCC(C)(N)C(=O)Nc1ccc(CC(=O)N2CCOCC2)cc1. The molecule has 1 atom stereocenters. The third kappa shape index (κ3) is 5.04. The zero-order valence-corrected chi connectivity index (χ0v) is 14.5. The van der Waals surface area contributed by atoms with E-state index in [1.165, 1.54) is 0 Å². The van der Waals surface area contributed by atoms with Gasteiger partial charge in [0.05, 0.1) is 25.2 Å². The lowest BCUT2D eigenvalue weighted by Gasteiger charge is -2.27. The molecule has 1 aliphatic rings. The van der Waals surface area contributed by atoms with Gasteiger partial charge < -0.3 is 20.7 Å². The van der Waals surface area contributed by atoms with Crippen molar-refractivity contribution in [3.63, 3.8) is 0 Å². The molecule has 0 spiro atoms. The molecule has 0 bridgehead atoms. The molecule has 0 saturated carbocycles. The number of anilines is 1. The van der Waals surface area contributed by atoms with Crippen LogP contribution in [0.1, 0.15) is 32.3 Å². The summed E-state index contributed by atoms with van der Waals surface area (Å²) in [5, 5.41) is 2.84. The molecule has 1 unspecified atom stereocenters. The molecule has 132 valence electrons. The maximum atomic E-state index is 12.2. The molecule has 0 aliphatic carbocycles. The fourth-order valence-electron chi connectivity index (χ4n) is 2.71. The van der Waals surface area contributed by atoms with Crippen molar-refractivity contribution >= 4 is 17.5 Å². The van der Waals surface area contributed by atoms with E-state index >= 15 is 0 Å². The first kappa shape index (κ1) is 18.4. The Bertz CT molecular complexity index is 563. The van der Waals surface area contributed by atoms with Gasteiger partial charge in [-0.15, -0.1) is 0 Å². The third-order valence-electron chi connectivity index (χ3n) is 4.22. The fourth-order valence-corrected chi connectivity index (χ4v) is 2.71. The minimum atomic E-state index is -0.875. The summed E-state index contributed by atoms with van der Waals surface area (Å²) in [6, 6.07) is 7.34. The van der Waals surface area contributed by atoms with Crippen LogP contribution in [0.3, 0.4) is 0 Å². The van der Waals surface area contributed by atoms with Gasteiger partial charge >= 0.3 is 0 Å². The van der Waals surface area contributed by atoms with Gasteiger partial charge in [0, 0.05) is 18.8 Å².